The summed E-state index contributed by atoms with van der Waals surface area (Å²) >= 11 is 0. The summed E-state index contributed by atoms with van der Waals surface area (Å²) in [5.41, 5.74) is 0.138. The van der Waals surface area contributed by atoms with E-state index in [1.165, 1.54) is 6.92 Å². The fraction of sp³-hybridized carbons (Fsp3) is 0.529. The molecule has 0 saturated heterocycles. The van der Waals surface area contributed by atoms with E-state index in [1.54, 1.807) is 25.7 Å². The van der Waals surface area contributed by atoms with Gasteiger partial charge < -0.3 is 19.7 Å². The van der Waals surface area contributed by atoms with Crippen molar-refractivity contribution in [3.05, 3.63) is 24.3 Å². The van der Waals surface area contributed by atoms with E-state index in [0.717, 1.165) is 0 Å². The van der Waals surface area contributed by atoms with Crippen LogP contribution < -0.4 is 15.0 Å². The fourth-order valence-corrected chi connectivity index (χ4v) is 1.99. The van der Waals surface area contributed by atoms with Crippen LogP contribution in [0.25, 0.3) is 0 Å². The van der Waals surface area contributed by atoms with Gasteiger partial charge in [-0.25, -0.2) is 4.79 Å². The van der Waals surface area contributed by atoms with Gasteiger partial charge in [0.15, 0.2) is 0 Å². The zero-order valence-electron chi connectivity index (χ0n) is 14.5. The van der Waals surface area contributed by atoms with E-state index in [1.807, 2.05) is 31.2 Å². The van der Waals surface area contributed by atoms with E-state index in [9.17, 15) is 9.59 Å². The number of nitrogens with zero attached hydrogens (tertiary/aromatic N) is 1. The average Bonchev–Trinajstić information content (AvgIpc) is 2.42. The lowest BCUT2D eigenvalue weighted by molar-refractivity contribution is -0.116. The summed E-state index contributed by atoms with van der Waals surface area (Å²) in [4.78, 5) is 25.2. The molecule has 0 atom stereocenters. The number of nitrogens with one attached hydrogen (secondary N) is 1. The van der Waals surface area contributed by atoms with Gasteiger partial charge in [0.25, 0.3) is 0 Å². The molecule has 6 nitrogen and oxygen atoms in total. The SMILES string of the molecule is CCOc1ccccc1N(CCNC(=O)OC(C)(C)C)C(C)=O. The number of amides is 2. The molecule has 1 rings (SSSR count). The highest BCUT2D eigenvalue weighted by Crippen LogP contribution is 2.27. The first-order chi connectivity index (χ1) is 10.7. The molecule has 0 aromatic heterocycles. The van der Waals surface area contributed by atoms with Crippen molar-refractivity contribution < 1.29 is 19.1 Å². The third kappa shape index (κ3) is 6.59. The highest BCUT2D eigenvalue weighted by Gasteiger charge is 2.18. The number of benzene rings is 1. The lowest BCUT2D eigenvalue weighted by atomic mass is 10.2. The number of para-hydroxylation sites is 2. The highest BCUT2D eigenvalue weighted by molar-refractivity contribution is 5.93. The molecule has 0 unspecified atom stereocenters. The van der Waals surface area contributed by atoms with Crippen molar-refractivity contribution in [3.63, 3.8) is 0 Å². The quantitative estimate of drug-likeness (QED) is 0.874. The van der Waals surface area contributed by atoms with Crippen LogP contribution >= 0.6 is 0 Å². The van der Waals surface area contributed by atoms with Crippen molar-refractivity contribution in [2.24, 2.45) is 0 Å². The summed E-state index contributed by atoms with van der Waals surface area (Å²) in [5.74, 6) is 0.519. The van der Waals surface area contributed by atoms with Crippen LogP contribution in [0.15, 0.2) is 24.3 Å². The average molecular weight is 322 g/mol. The first-order valence-electron chi connectivity index (χ1n) is 7.71. The van der Waals surface area contributed by atoms with Gasteiger partial charge in [-0.05, 0) is 39.8 Å². The molecule has 0 heterocycles. The first-order valence-corrected chi connectivity index (χ1v) is 7.71. The van der Waals surface area contributed by atoms with Crippen molar-refractivity contribution in [1.29, 1.82) is 0 Å². The summed E-state index contributed by atoms with van der Waals surface area (Å²) < 4.78 is 10.7. The van der Waals surface area contributed by atoms with E-state index < -0.39 is 11.7 Å². The second-order valence-electron chi connectivity index (χ2n) is 6.00. The highest BCUT2D eigenvalue weighted by atomic mass is 16.6. The zero-order valence-corrected chi connectivity index (χ0v) is 14.5. The van der Waals surface area contributed by atoms with Gasteiger partial charge in [0, 0.05) is 20.0 Å². The van der Waals surface area contributed by atoms with E-state index >= 15 is 0 Å². The van der Waals surface area contributed by atoms with Gasteiger partial charge in [-0.15, -0.1) is 0 Å². The van der Waals surface area contributed by atoms with Crippen LogP contribution in [0, 0.1) is 0 Å². The molecule has 1 N–H and O–H groups in total. The van der Waals surface area contributed by atoms with Gasteiger partial charge in [0.1, 0.15) is 11.4 Å². The van der Waals surface area contributed by atoms with Crippen molar-refractivity contribution in [3.8, 4) is 5.75 Å². The van der Waals surface area contributed by atoms with E-state index in [4.69, 9.17) is 9.47 Å². The Balaban J connectivity index is 2.70. The van der Waals surface area contributed by atoms with Crippen LogP contribution in [0.1, 0.15) is 34.6 Å². The van der Waals surface area contributed by atoms with E-state index in [2.05, 4.69) is 5.32 Å². The van der Waals surface area contributed by atoms with E-state index in [-0.39, 0.29) is 12.5 Å². The van der Waals surface area contributed by atoms with Crippen LogP contribution in [-0.4, -0.2) is 37.3 Å². The Morgan fingerprint density at radius 3 is 2.43 bits per heavy atom. The third-order valence-corrected chi connectivity index (χ3v) is 2.84. The Labute approximate surface area is 137 Å². The molecule has 23 heavy (non-hydrogen) atoms. The van der Waals surface area contributed by atoms with Gasteiger partial charge in [-0.1, -0.05) is 12.1 Å². The molecule has 1 aromatic rings. The zero-order chi connectivity index (χ0) is 17.5. The number of alkyl carbamates (subject to hydrolysis) is 1. The standard InChI is InChI=1S/C17H26N2O4/c1-6-22-15-10-8-7-9-14(15)19(13(2)20)12-11-18-16(21)23-17(3,4)5/h7-10H,6,11-12H2,1-5H3,(H,18,21). The van der Waals surface area contributed by atoms with Crippen molar-refractivity contribution in [1.82, 2.24) is 5.32 Å². The van der Waals surface area contributed by atoms with Crippen molar-refractivity contribution in [2.75, 3.05) is 24.6 Å². The number of carbonyl (C=O) groups is 2. The van der Waals surface area contributed by atoms with Crippen molar-refractivity contribution in [2.45, 2.75) is 40.2 Å². The van der Waals surface area contributed by atoms with Crippen LogP contribution in [0.5, 0.6) is 5.75 Å². The maximum Gasteiger partial charge on any atom is 0.407 e. The maximum atomic E-state index is 11.9. The summed E-state index contributed by atoms with van der Waals surface area (Å²) in [6.07, 6.45) is -0.501. The molecule has 0 saturated carbocycles. The topological polar surface area (TPSA) is 67.9 Å². The lowest BCUT2D eigenvalue weighted by Gasteiger charge is -2.24. The second kappa shape index (κ2) is 8.41. The number of ether oxygens (including phenoxy) is 2. The molecule has 1 aromatic carbocycles. The number of carbonyl (C=O) groups excluding carboxylic acids is 2. The minimum absolute atomic E-state index is 0.122. The second-order valence-corrected chi connectivity index (χ2v) is 6.00. The largest absolute Gasteiger partial charge is 0.492 e. The summed E-state index contributed by atoms with van der Waals surface area (Å²) in [5, 5.41) is 2.65. The van der Waals surface area contributed by atoms with Gasteiger partial charge in [0.05, 0.1) is 12.3 Å². The number of hydrogen-bond acceptors (Lipinski definition) is 4. The van der Waals surface area contributed by atoms with Crippen molar-refractivity contribution >= 4 is 17.7 Å². The van der Waals surface area contributed by atoms with Crippen LogP contribution in [0.3, 0.4) is 0 Å². The predicted octanol–water partition coefficient (Wildman–Crippen LogP) is 2.96. The van der Waals surface area contributed by atoms with E-state index in [0.29, 0.717) is 24.6 Å². The first kappa shape index (κ1) is 18.8. The number of hydrogen-bond donors (Lipinski definition) is 1. The molecule has 0 aliphatic heterocycles. The normalized spacial score (nSPS) is 10.8. The minimum Gasteiger partial charge on any atom is -0.492 e. The molecule has 0 aliphatic rings. The Morgan fingerprint density at radius 1 is 1.22 bits per heavy atom. The molecular formula is C17H26N2O4. The van der Waals surface area contributed by atoms with Gasteiger partial charge >= 0.3 is 6.09 Å². The molecule has 0 aliphatic carbocycles. The Bertz CT molecular complexity index is 538. The third-order valence-electron chi connectivity index (χ3n) is 2.84. The molecule has 0 fully saturated rings. The summed E-state index contributed by atoms with van der Waals surface area (Å²) in [6, 6.07) is 7.33. The number of rotatable bonds is 6. The molecule has 0 radical (unpaired) electrons. The predicted molar refractivity (Wildman–Crippen MR) is 89.9 cm³/mol. The summed E-state index contributed by atoms with van der Waals surface area (Å²) in [6.45, 7) is 9.90. The molecule has 128 valence electrons. The Kier molecular flexibility index (Phi) is 6.88. The molecular weight excluding hydrogens is 296 g/mol. The Hall–Kier alpha value is -2.24. The molecule has 0 bridgehead atoms. The van der Waals surface area contributed by atoms with Crippen LogP contribution in [0.2, 0.25) is 0 Å². The molecule has 6 heteroatoms. The monoisotopic (exact) mass is 322 g/mol. The van der Waals surface area contributed by atoms with Crippen LogP contribution in [-0.2, 0) is 9.53 Å². The van der Waals surface area contributed by atoms with Gasteiger partial charge in [-0.2, -0.15) is 0 Å². The minimum atomic E-state index is -0.550. The maximum absolute atomic E-state index is 11.9. The molecule has 0 spiro atoms. The van der Waals surface area contributed by atoms with Gasteiger partial charge in [0.2, 0.25) is 5.91 Å². The lowest BCUT2D eigenvalue weighted by Crippen LogP contribution is -2.39. The fourth-order valence-electron chi connectivity index (χ4n) is 1.99. The molecule has 2 amide bonds. The smallest absolute Gasteiger partial charge is 0.407 e. The van der Waals surface area contributed by atoms with Crippen LogP contribution in [0.4, 0.5) is 10.5 Å². The Morgan fingerprint density at radius 2 is 1.87 bits per heavy atom. The van der Waals surface area contributed by atoms with Gasteiger partial charge in [-0.3, -0.25) is 4.79 Å². The number of anilines is 1. The summed E-state index contributed by atoms with van der Waals surface area (Å²) in [7, 11) is 0.